The van der Waals surface area contributed by atoms with Gasteiger partial charge in [0.15, 0.2) is 11.5 Å². The molecule has 1 N–H and O–H groups in total. The van der Waals surface area contributed by atoms with Crippen LogP contribution in [0.25, 0.3) is 0 Å². The predicted octanol–water partition coefficient (Wildman–Crippen LogP) is 3.07. The number of ether oxygens (including phenoxy) is 3. The van der Waals surface area contributed by atoms with Crippen LogP contribution in [-0.2, 0) is 4.74 Å². The van der Waals surface area contributed by atoms with Gasteiger partial charge in [0.25, 0.3) is 0 Å². The summed E-state index contributed by atoms with van der Waals surface area (Å²) in [7, 11) is 3.30. The monoisotopic (exact) mass is 265 g/mol. The van der Waals surface area contributed by atoms with Gasteiger partial charge in [-0.1, -0.05) is 0 Å². The summed E-state index contributed by atoms with van der Waals surface area (Å²) in [5.41, 5.74) is 1.01. The second-order valence-corrected chi connectivity index (χ2v) is 5.51. The van der Waals surface area contributed by atoms with Crippen LogP contribution in [0.2, 0.25) is 0 Å². The van der Waals surface area contributed by atoms with E-state index in [9.17, 15) is 0 Å². The molecule has 0 spiro atoms. The molecule has 4 heteroatoms. The van der Waals surface area contributed by atoms with Crippen molar-refractivity contribution in [3.63, 3.8) is 0 Å². The van der Waals surface area contributed by atoms with Crippen molar-refractivity contribution in [3.05, 3.63) is 18.2 Å². The third-order valence-electron chi connectivity index (χ3n) is 3.45. The first kappa shape index (κ1) is 14.0. The number of hydrogen-bond donors (Lipinski definition) is 1. The van der Waals surface area contributed by atoms with Crippen molar-refractivity contribution in [1.29, 1.82) is 0 Å². The summed E-state index contributed by atoms with van der Waals surface area (Å²) in [6.07, 6.45) is 2.03. The van der Waals surface area contributed by atoms with Crippen molar-refractivity contribution in [2.75, 3.05) is 26.1 Å². The molecule has 4 nitrogen and oxygen atoms in total. The average molecular weight is 265 g/mol. The van der Waals surface area contributed by atoms with Gasteiger partial charge in [-0.2, -0.15) is 0 Å². The van der Waals surface area contributed by atoms with Gasteiger partial charge in [-0.05, 0) is 38.8 Å². The number of anilines is 1. The highest BCUT2D eigenvalue weighted by Crippen LogP contribution is 2.32. The number of nitrogens with one attached hydrogen (secondary N) is 1. The van der Waals surface area contributed by atoms with Gasteiger partial charge >= 0.3 is 0 Å². The zero-order valence-corrected chi connectivity index (χ0v) is 12.2. The van der Waals surface area contributed by atoms with Gasteiger partial charge in [0.1, 0.15) is 0 Å². The van der Waals surface area contributed by atoms with Crippen LogP contribution in [0.5, 0.6) is 11.5 Å². The largest absolute Gasteiger partial charge is 0.493 e. The van der Waals surface area contributed by atoms with E-state index in [0.29, 0.717) is 6.04 Å². The fourth-order valence-corrected chi connectivity index (χ4v) is 2.52. The van der Waals surface area contributed by atoms with Crippen LogP contribution < -0.4 is 14.8 Å². The third kappa shape index (κ3) is 3.53. The lowest BCUT2D eigenvalue weighted by Crippen LogP contribution is -2.40. The lowest BCUT2D eigenvalue weighted by atomic mass is 9.94. The molecule has 1 heterocycles. The Morgan fingerprint density at radius 2 is 1.95 bits per heavy atom. The normalized spacial score (nSPS) is 21.8. The molecule has 0 radical (unpaired) electrons. The molecule has 1 unspecified atom stereocenters. The summed E-state index contributed by atoms with van der Waals surface area (Å²) < 4.78 is 16.3. The van der Waals surface area contributed by atoms with E-state index in [-0.39, 0.29) is 5.60 Å². The minimum absolute atomic E-state index is 0.0491. The molecule has 0 aromatic heterocycles. The molecule has 0 saturated carbocycles. The van der Waals surface area contributed by atoms with Gasteiger partial charge < -0.3 is 19.5 Å². The average Bonchev–Trinajstić information content (AvgIpc) is 2.37. The molecule has 1 aliphatic rings. The summed E-state index contributed by atoms with van der Waals surface area (Å²) in [5, 5.41) is 3.55. The second kappa shape index (κ2) is 5.70. The first-order valence-corrected chi connectivity index (χ1v) is 6.66. The zero-order valence-electron chi connectivity index (χ0n) is 12.2. The molecule has 0 bridgehead atoms. The molecule has 1 aromatic rings. The van der Waals surface area contributed by atoms with Gasteiger partial charge in [0.05, 0.1) is 19.8 Å². The minimum Gasteiger partial charge on any atom is -0.493 e. The highest BCUT2D eigenvalue weighted by Gasteiger charge is 2.28. The van der Waals surface area contributed by atoms with Crippen LogP contribution in [0, 0.1) is 0 Å². The lowest BCUT2D eigenvalue weighted by molar-refractivity contribution is -0.0553. The summed E-state index contributed by atoms with van der Waals surface area (Å²) in [6, 6.07) is 6.35. The Kier molecular flexibility index (Phi) is 4.20. The quantitative estimate of drug-likeness (QED) is 0.908. The molecule has 1 aliphatic heterocycles. The summed E-state index contributed by atoms with van der Waals surface area (Å²) in [4.78, 5) is 0. The van der Waals surface area contributed by atoms with Crippen molar-refractivity contribution in [2.24, 2.45) is 0 Å². The number of rotatable bonds is 4. The van der Waals surface area contributed by atoms with Crippen molar-refractivity contribution >= 4 is 5.69 Å². The number of methoxy groups -OCH3 is 2. The van der Waals surface area contributed by atoms with E-state index in [1.165, 1.54) is 0 Å². The van der Waals surface area contributed by atoms with Crippen LogP contribution in [0.1, 0.15) is 26.7 Å². The van der Waals surface area contributed by atoms with E-state index < -0.39 is 0 Å². The maximum absolute atomic E-state index is 5.73. The van der Waals surface area contributed by atoms with E-state index in [1.807, 2.05) is 18.2 Å². The maximum atomic E-state index is 5.73. The Hall–Kier alpha value is -1.42. The second-order valence-electron chi connectivity index (χ2n) is 5.51. The molecule has 19 heavy (non-hydrogen) atoms. The Balaban J connectivity index is 2.06. The van der Waals surface area contributed by atoms with Gasteiger partial charge in [0, 0.05) is 24.4 Å². The molecule has 1 aromatic carbocycles. The Morgan fingerprint density at radius 1 is 1.21 bits per heavy atom. The fraction of sp³-hybridized carbons (Fsp3) is 0.600. The van der Waals surface area contributed by atoms with E-state index in [1.54, 1.807) is 14.2 Å². The number of benzene rings is 1. The Labute approximate surface area is 115 Å². The van der Waals surface area contributed by atoms with Crippen molar-refractivity contribution in [1.82, 2.24) is 0 Å². The van der Waals surface area contributed by atoms with E-state index in [0.717, 1.165) is 36.6 Å². The van der Waals surface area contributed by atoms with Gasteiger partial charge in [-0.15, -0.1) is 0 Å². The molecule has 106 valence electrons. The maximum Gasteiger partial charge on any atom is 0.162 e. The molecule has 0 aliphatic carbocycles. The SMILES string of the molecule is COc1ccc(NC2CCOC(C)(C)C2)cc1OC. The van der Waals surface area contributed by atoms with Crippen molar-refractivity contribution in [2.45, 2.75) is 38.3 Å². The van der Waals surface area contributed by atoms with E-state index in [2.05, 4.69) is 19.2 Å². The highest BCUT2D eigenvalue weighted by atomic mass is 16.5. The molecule has 1 saturated heterocycles. The van der Waals surface area contributed by atoms with Crippen LogP contribution >= 0.6 is 0 Å². The van der Waals surface area contributed by atoms with Gasteiger partial charge in [-0.25, -0.2) is 0 Å². The van der Waals surface area contributed by atoms with E-state index >= 15 is 0 Å². The third-order valence-corrected chi connectivity index (χ3v) is 3.45. The number of hydrogen-bond acceptors (Lipinski definition) is 4. The summed E-state index contributed by atoms with van der Waals surface area (Å²) in [5.74, 6) is 1.50. The first-order chi connectivity index (χ1) is 9.04. The molecule has 1 fully saturated rings. The highest BCUT2D eigenvalue weighted by molar-refractivity contribution is 5.55. The molecular formula is C15H23NO3. The summed E-state index contributed by atoms with van der Waals surface area (Å²) in [6.45, 7) is 5.07. The first-order valence-electron chi connectivity index (χ1n) is 6.66. The molecular weight excluding hydrogens is 242 g/mol. The van der Waals surface area contributed by atoms with Crippen LogP contribution in [-0.4, -0.2) is 32.5 Å². The predicted molar refractivity (Wildman–Crippen MR) is 76.2 cm³/mol. The molecule has 0 amide bonds. The van der Waals surface area contributed by atoms with Crippen molar-refractivity contribution in [3.8, 4) is 11.5 Å². The van der Waals surface area contributed by atoms with Crippen LogP contribution in [0.4, 0.5) is 5.69 Å². The van der Waals surface area contributed by atoms with Crippen molar-refractivity contribution < 1.29 is 14.2 Å². The van der Waals surface area contributed by atoms with Crippen LogP contribution in [0.15, 0.2) is 18.2 Å². The Morgan fingerprint density at radius 3 is 2.58 bits per heavy atom. The smallest absolute Gasteiger partial charge is 0.162 e. The minimum atomic E-state index is -0.0491. The van der Waals surface area contributed by atoms with E-state index in [4.69, 9.17) is 14.2 Å². The lowest BCUT2D eigenvalue weighted by Gasteiger charge is -2.36. The fourth-order valence-electron chi connectivity index (χ4n) is 2.52. The van der Waals surface area contributed by atoms with Gasteiger partial charge in [0.2, 0.25) is 0 Å². The zero-order chi connectivity index (χ0) is 13.9. The molecule has 2 rings (SSSR count). The molecule has 1 atom stereocenters. The summed E-state index contributed by atoms with van der Waals surface area (Å²) >= 11 is 0. The topological polar surface area (TPSA) is 39.7 Å². The van der Waals surface area contributed by atoms with Crippen LogP contribution in [0.3, 0.4) is 0 Å². The van der Waals surface area contributed by atoms with Gasteiger partial charge in [-0.3, -0.25) is 0 Å². The standard InChI is InChI=1S/C15H23NO3/c1-15(2)10-12(7-8-19-15)16-11-5-6-13(17-3)14(9-11)18-4/h5-6,9,12,16H,7-8,10H2,1-4H3. The Bertz CT molecular complexity index is 431.